The van der Waals surface area contributed by atoms with Gasteiger partial charge in [-0.2, -0.15) is 0 Å². The molecule has 36 heavy (non-hydrogen) atoms. The van der Waals surface area contributed by atoms with Crippen molar-refractivity contribution in [3.05, 3.63) is 12.2 Å². The number of nitrogens with two attached hydrogens (primary N) is 1. The number of alkyl carbamates (subject to hydrolysis) is 1. The van der Waals surface area contributed by atoms with Gasteiger partial charge in [-0.25, -0.2) is 19.2 Å². The first-order chi connectivity index (χ1) is 16.5. The van der Waals surface area contributed by atoms with Crippen LogP contribution in [0.15, 0.2) is 12.2 Å². The van der Waals surface area contributed by atoms with E-state index >= 15 is 0 Å². The molecule has 0 rings (SSSR count). The summed E-state index contributed by atoms with van der Waals surface area (Å²) in [5, 5.41) is 4.77. The Balaban J connectivity index is 5.32. The van der Waals surface area contributed by atoms with Crippen molar-refractivity contribution in [2.75, 3.05) is 13.7 Å². The number of methoxy groups -OCH3 is 1. The molecule has 12 heteroatoms. The molecule has 0 unspecified atom stereocenters. The smallest absolute Gasteiger partial charge is 0.408 e. The molecule has 0 heterocycles. The fourth-order valence-corrected chi connectivity index (χ4v) is 2.49. The predicted octanol–water partition coefficient (Wildman–Crippen LogP) is 1.50. The first kappa shape index (κ1) is 32.9. The van der Waals surface area contributed by atoms with Crippen LogP contribution in [0.25, 0.3) is 0 Å². The predicted molar refractivity (Wildman–Crippen MR) is 131 cm³/mol. The second-order valence-corrected chi connectivity index (χ2v) is 9.45. The van der Waals surface area contributed by atoms with Crippen LogP contribution in [0.1, 0.15) is 67.7 Å². The van der Waals surface area contributed by atoms with Crippen molar-refractivity contribution in [1.82, 2.24) is 10.6 Å². The maximum atomic E-state index is 12.5. The largest absolute Gasteiger partial charge is 0.467 e. The van der Waals surface area contributed by atoms with Crippen LogP contribution >= 0.6 is 0 Å². The van der Waals surface area contributed by atoms with Gasteiger partial charge >= 0.3 is 24.0 Å². The van der Waals surface area contributed by atoms with E-state index in [9.17, 15) is 24.0 Å². The molecule has 4 atom stereocenters. The molecule has 0 spiro atoms. The number of esters is 3. The first-order valence-electron chi connectivity index (χ1n) is 11.8. The fourth-order valence-electron chi connectivity index (χ4n) is 2.49. The van der Waals surface area contributed by atoms with E-state index in [1.165, 1.54) is 40.0 Å². The Labute approximate surface area is 212 Å². The van der Waals surface area contributed by atoms with Crippen LogP contribution in [0, 0.1) is 0 Å². The van der Waals surface area contributed by atoms with Gasteiger partial charge < -0.3 is 35.3 Å². The highest BCUT2D eigenvalue weighted by atomic mass is 16.6. The van der Waals surface area contributed by atoms with Crippen LogP contribution in [0.2, 0.25) is 0 Å². The molecule has 0 aliphatic carbocycles. The summed E-state index contributed by atoms with van der Waals surface area (Å²) in [7, 11) is 1.19. The third kappa shape index (κ3) is 13.1. The summed E-state index contributed by atoms with van der Waals surface area (Å²) in [6.07, 6.45) is 1.81. The van der Waals surface area contributed by atoms with Gasteiger partial charge in [-0.3, -0.25) is 4.79 Å². The minimum Gasteiger partial charge on any atom is -0.467 e. The maximum absolute atomic E-state index is 12.5. The lowest BCUT2D eigenvalue weighted by atomic mass is 10.0. The average Bonchev–Trinajstić information content (AvgIpc) is 2.75. The molecule has 206 valence electrons. The molecule has 0 aromatic heterocycles. The quantitative estimate of drug-likeness (QED) is 0.141. The highest BCUT2D eigenvalue weighted by Gasteiger charge is 2.31. The van der Waals surface area contributed by atoms with Gasteiger partial charge in [0.05, 0.1) is 13.7 Å². The summed E-state index contributed by atoms with van der Waals surface area (Å²) in [5.74, 6) is -2.97. The number of ether oxygens (including phenoxy) is 4. The fraction of sp³-hybridized carbons (Fsp3) is 0.708. The minimum atomic E-state index is -1.55. The van der Waals surface area contributed by atoms with Crippen molar-refractivity contribution in [2.45, 2.75) is 97.1 Å². The molecule has 0 aromatic carbocycles. The second kappa shape index (κ2) is 15.1. The topological polar surface area (TPSA) is 172 Å². The number of amides is 2. The van der Waals surface area contributed by atoms with Crippen LogP contribution < -0.4 is 16.4 Å². The number of unbranched alkanes of at least 4 members (excludes halogenated alkanes) is 1. The summed E-state index contributed by atoms with van der Waals surface area (Å²) in [4.78, 5) is 60.9. The number of hydrogen-bond acceptors (Lipinski definition) is 10. The van der Waals surface area contributed by atoms with E-state index in [1.54, 1.807) is 20.8 Å². The third-order valence-corrected chi connectivity index (χ3v) is 4.56. The van der Waals surface area contributed by atoms with Crippen molar-refractivity contribution < 1.29 is 42.9 Å². The van der Waals surface area contributed by atoms with Gasteiger partial charge in [-0.05, 0) is 48.0 Å². The molecular weight excluding hydrogens is 474 g/mol. The Morgan fingerprint density at radius 3 is 2.06 bits per heavy atom. The van der Waals surface area contributed by atoms with Crippen LogP contribution in [-0.4, -0.2) is 73.0 Å². The van der Waals surface area contributed by atoms with E-state index in [4.69, 9.17) is 19.9 Å². The number of nitrogens with one attached hydrogen (secondary N) is 2. The zero-order chi connectivity index (χ0) is 28.1. The van der Waals surface area contributed by atoms with Gasteiger partial charge in [0.1, 0.15) is 23.2 Å². The van der Waals surface area contributed by atoms with E-state index in [0.29, 0.717) is 6.42 Å². The van der Waals surface area contributed by atoms with Crippen LogP contribution in [0.5, 0.6) is 0 Å². The lowest BCUT2D eigenvalue weighted by molar-refractivity contribution is -0.168. The Morgan fingerprint density at radius 1 is 0.944 bits per heavy atom. The van der Waals surface area contributed by atoms with Gasteiger partial charge in [0.2, 0.25) is 12.0 Å². The highest BCUT2D eigenvalue weighted by molar-refractivity contribution is 5.91. The van der Waals surface area contributed by atoms with E-state index < -0.39 is 59.2 Å². The summed E-state index contributed by atoms with van der Waals surface area (Å²) in [6, 6.07) is -2.03. The molecule has 4 N–H and O–H groups in total. The number of carbonyl (C=O) groups is 5. The average molecular weight is 516 g/mol. The number of rotatable bonds is 13. The third-order valence-electron chi connectivity index (χ3n) is 4.56. The van der Waals surface area contributed by atoms with Crippen molar-refractivity contribution in [2.24, 2.45) is 5.73 Å². The van der Waals surface area contributed by atoms with Gasteiger partial charge in [-0.15, -0.1) is 0 Å². The molecule has 0 aliphatic rings. The molecule has 0 radical (unpaired) electrons. The van der Waals surface area contributed by atoms with Gasteiger partial charge in [0, 0.05) is 6.42 Å². The number of carbonyl (C=O) groups excluding carboxylic acids is 5. The summed E-state index contributed by atoms with van der Waals surface area (Å²) < 4.78 is 20.1. The Hall–Kier alpha value is -3.15. The lowest BCUT2D eigenvalue weighted by Gasteiger charge is -2.23. The Kier molecular flexibility index (Phi) is 13.8. The molecule has 0 saturated heterocycles. The zero-order valence-corrected chi connectivity index (χ0v) is 22.5. The first-order valence-corrected chi connectivity index (χ1v) is 11.8. The molecular formula is C24H41N3O9. The monoisotopic (exact) mass is 515 g/mol. The zero-order valence-electron chi connectivity index (χ0n) is 22.5. The van der Waals surface area contributed by atoms with E-state index in [0.717, 1.165) is 6.42 Å². The van der Waals surface area contributed by atoms with Crippen molar-refractivity contribution in [1.29, 1.82) is 0 Å². The standard InChI is InChI=1S/C24H41N3O9/c1-9-10-14-34-20(30)17(35-19(29)16(3)27-22(32)36-23(4,5)6)12-11-13-24(7,25)21(31)26-15(2)18(28)33-8/h11,13,15-17H,9-10,12,14,25H2,1-8H3,(H,26,31)(H,27,32)/b13-11+/t15-,16+,17+,24+/m1/s1. The van der Waals surface area contributed by atoms with Crippen LogP contribution in [0.4, 0.5) is 4.79 Å². The Morgan fingerprint density at radius 2 is 1.53 bits per heavy atom. The van der Waals surface area contributed by atoms with Gasteiger partial charge in [-0.1, -0.05) is 25.5 Å². The molecule has 2 amide bonds. The molecule has 12 nitrogen and oxygen atoms in total. The molecule has 0 saturated carbocycles. The minimum absolute atomic E-state index is 0.140. The van der Waals surface area contributed by atoms with Crippen molar-refractivity contribution in [3.8, 4) is 0 Å². The van der Waals surface area contributed by atoms with Crippen LogP contribution in [0.3, 0.4) is 0 Å². The van der Waals surface area contributed by atoms with E-state index in [1.807, 2.05) is 6.92 Å². The summed E-state index contributed by atoms with van der Waals surface area (Å²) in [5.41, 5.74) is 3.72. The molecule has 0 aliphatic heterocycles. The summed E-state index contributed by atoms with van der Waals surface area (Å²) >= 11 is 0. The van der Waals surface area contributed by atoms with Crippen LogP contribution in [-0.2, 0) is 38.1 Å². The van der Waals surface area contributed by atoms with Crippen molar-refractivity contribution in [3.63, 3.8) is 0 Å². The maximum Gasteiger partial charge on any atom is 0.408 e. The van der Waals surface area contributed by atoms with E-state index in [2.05, 4.69) is 15.4 Å². The van der Waals surface area contributed by atoms with Gasteiger partial charge in [0.15, 0.2) is 0 Å². The normalized spacial score (nSPS) is 15.6. The molecule has 0 fully saturated rings. The van der Waals surface area contributed by atoms with E-state index in [-0.39, 0.29) is 13.0 Å². The number of hydrogen-bond donors (Lipinski definition) is 3. The second-order valence-electron chi connectivity index (χ2n) is 9.45. The summed E-state index contributed by atoms with van der Waals surface area (Å²) in [6.45, 7) is 11.3. The lowest BCUT2D eigenvalue weighted by Crippen LogP contribution is -2.54. The highest BCUT2D eigenvalue weighted by Crippen LogP contribution is 2.11. The Bertz CT molecular complexity index is 803. The molecule has 0 aromatic rings. The SMILES string of the molecule is CCCCOC(=O)[C@H](C/C=C/[C@](C)(N)C(=O)N[C@H](C)C(=O)OC)OC(=O)[C@H](C)NC(=O)OC(C)(C)C. The van der Waals surface area contributed by atoms with Crippen molar-refractivity contribution >= 4 is 29.9 Å². The van der Waals surface area contributed by atoms with Gasteiger partial charge in [0.25, 0.3) is 0 Å². The molecule has 0 bridgehead atoms.